The van der Waals surface area contributed by atoms with Crippen molar-refractivity contribution in [2.24, 2.45) is 0 Å². The van der Waals surface area contributed by atoms with Crippen LogP contribution >= 0.6 is 15.9 Å². The van der Waals surface area contributed by atoms with E-state index in [1.54, 1.807) is 18.2 Å². The van der Waals surface area contributed by atoms with Crippen molar-refractivity contribution >= 4 is 15.9 Å². The van der Waals surface area contributed by atoms with E-state index in [4.69, 9.17) is 0 Å². The third kappa shape index (κ3) is 2.31. The van der Waals surface area contributed by atoms with Gasteiger partial charge in [0, 0.05) is 15.0 Å². The Bertz CT molecular complexity index is 275. The molecule has 0 aliphatic carbocycles. The minimum absolute atomic E-state index is 0.124. The maximum absolute atomic E-state index is 10.1. The average molecular weight is 216 g/mol. The van der Waals surface area contributed by atoms with E-state index in [-0.39, 0.29) is 11.5 Å². The van der Waals surface area contributed by atoms with Gasteiger partial charge in [-0.25, -0.2) is 0 Å². The predicted molar refractivity (Wildman–Crippen MR) is 44.8 cm³/mol. The molecule has 0 aromatic heterocycles. The summed E-state index contributed by atoms with van der Waals surface area (Å²) in [7, 11) is 0. The molecule has 1 aromatic rings. The first-order chi connectivity index (χ1) is 5.20. The molecular weight excluding hydrogens is 210 g/mol. The fraction of sp³-hybridized carbons (Fsp3) is 0.143. The third-order valence-corrected chi connectivity index (χ3v) is 2.03. The number of benzene rings is 1. The molecule has 0 N–H and O–H groups in total. The van der Waals surface area contributed by atoms with Crippen LogP contribution < -0.4 is 0 Å². The molecule has 0 spiro atoms. The van der Waals surface area contributed by atoms with E-state index >= 15 is 0 Å². The van der Waals surface area contributed by atoms with Crippen LogP contribution in [-0.4, -0.2) is 4.92 Å². The normalized spacial score (nSPS) is 9.55. The molecule has 0 saturated carbocycles. The van der Waals surface area contributed by atoms with Crippen LogP contribution in [0, 0.1) is 10.1 Å². The Labute approximate surface area is 72.3 Å². The van der Waals surface area contributed by atoms with E-state index in [1.165, 1.54) is 0 Å². The van der Waals surface area contributed by atoms with Gasteiger partial charge in [-0.15, -0.1) is 0 Å². The lowest BCUT2D eigenvalue weighted by atomic mass is 10.2. The Morgan fingerprint density at radius 3 is 2.64 bits per heavy atom. The fourth-order valence-corrected chi connectivity index (χ4v) is 1.18. The van der Waals surface area contributed by atoms with Gasteiger partial charge in [0.25, 0.3) is 0 Å². The highest BCUT2D eigenvalue weighted by atomic mass is 79.9. The van der Waals surface area contributed by atoms with E-state index in [2.05, 4.69) is 15.9 Å². The van der Waals surface area contributed by atoms with Crippen molar-refractivity contribution in [1.29, 1.82) is 0 Å². The first-order valence-corrected chi connectivity index (χ1v) is 3.84. The summed E-state index contributed by atoms with van der Waals surface area (Å²) in [5.74, 6) is 0. The molecule has 1 aromatic carbocycles. The largest absolute Gasteiger partial charge is 0.264 e. The molecule has 0 atom stereocenters. The Morgan fingerprint density at radius 2 is 2.09 bits per heavy atom. The summed E-state index contributed by atoms with van der Waals surface area (Å²) in [5.41, 5.74) is 0.706. The molecule has 11 heavy (non-hydrogen) atoms. The van der Waals surface area contributed by atoms with Crippen molar-refractivity contribution in [3.8, 4) is 0 Å². The predicted octanol–water partition coefficient (Wildman–Crippen LogP) is 2.23. The molecule has 0 heterocycles. The third-order valence-electron chi connectivity index (χ3n) is 1.26. The van der Waals surface area contributed by atoms with Crippen molar-refractivity contribution in [2.75, 3.05) is 0 Å². The van der Waals surface area contributed by atoms with Crippen molar-refractivity contribution in [1.82, 2.24) is 0 Å². The number of hydrogen-bond donors (Lipinski definition) is 0. The number of hydrogen-bond acceptors (Lipinski definition) is 2. The van der Waals surface area contributed by atoms with Gasteiger partial charge in [-0.1, -0.05) is 34.1 Å². The van der Waals surface area contributed by atoms with Gasteiger partial charge in [0.2, 0.25) is 6.54 Å². The van der Waals surface area contributed by atoms with Crippen molar-refractivity contribution in [2.45, 2.75) is 6.54 Å². The van der Waals surface area contributed by atoms with Gasteiger partial charge in [-0.3, -0.25) is 10.1 Å². The summed E-state index contributed by atoms with van der Waals surface area (Å²) >= 11 is 3.22. The standard InChI is InChI=1S/C7H6BrNO2/c8-7-4-2-1-3-6(7)5-9(10)11/h1-4H,5H2. The molecule has 4 heteroatoms. The number of nitrogens with zero attached hydrogens (tertiary/aromatic N) is 1. The van der Waals surface area contributed by atoms with E-state index in [0.29, 0.717) is 5.56 Å². The molecule has 58 valence electrons. The Hall–Kier alpha value is -0.900. The van der Waals surface area contributed by atoms with Crippen molar-refractivity contribution < 1.29 is 4.92 Å². The second kappa shape index (κ2) is 3.48. The Balaban J connectivity index is 2.86. The Morgan fingerprint density at radius 1 is 1.45 bits per heavy atom. The van der Waals surface area contributed by atoms with Gasteiger partial charge < -0.3 is 0 Å². The van der Waals surface area contributed by atoms with Crippen LogP contribution in [0.4, 0.5) is 0 Å². The summed E-state index contributed by atoms with van der Waals surface area (Å²) in [5, 5.41) is 10.1. The smallest absolute Gasteiger partial charge is 0.230 e. The van der Waals surface area contributed by atoms with Crippen LogP contribution in [-0.2, 0) is 6.54 Å². The molecule has 0 aliphatic heterocycles. The number of halogens is 1. The zero-order valence-electron chi connectivity index (χ0n) is 5.66. The van der Waals surface area contributed by atoms with Gasteiger partial charge in [-0.05, 0) is 6.07 Å². The molecule has 1 rings (SSSR count). The maximum Gasteiger partial charge on any atom is 0.230 e. The number of rotatable bonds is 2. The van der Waals surface area contributed by atoms with Gasteiger partial charge >= 0.3 is 0 Å². The molecule has 0 amide bonds. The molecule has 0 unspecified atom stereocenters. The average Bonchev–Trinajstić information content (AvgIpc) is 1.93. The maximum atomic E-state index is 10.1. The van der Waals surface area contributed by atoms with E-state index in [0.717, 1.165) is 4.47 Å². The molecule has 0 saturated heterocycles. The van der Waals surface area contributed by atoms with E-state index in [9.17, 15) is 10.1 Å². The van der Waals surface area contributed by atoms with E-state index < -0.39 is 0 Å². The first kappa shape index (κ1) is 8.20. The zero-order valence-corrected chi connectivity index (χ0v) is 7.24. The van der Waals surface area contributed by atoms with Crippen LogP contribution in [0.2, 0.25) is 0 Å². The number of nitro groups is 1. The second-order valence-corrected chi connectivity index (χ2v) is 2.94. The highest BCUT2D eigenvalue weighted by molar-refractivity contribution is 9.10. The fourth-order valence-electron chi connectivity index (χ4n) is 0.766. The van der Waals surface area contributed by atoms with Gasteiger partial charge in [0.05, 0.1) is 0 Å². The molecule has 0 aliphatic rings. The molecule has 0 bridgehead atoms. The summed E-state index contributed by atoms with van der Waals surface area (Å²) in [6.45, 7) is -0.124. The molecule has 0 radical (unpaired) electrons. The topological polar surface area (TPSA) is 43.1 Å². The summed E-state index contributed by atoms with van der Waals surface area (Å²) in [4.78, 5) is 9.76. The zero-order chi connectivity index (χ0) is 8.27. The second-order valence-electron chi connectivity index (χ2n) is 2.08. The molecular formula is C7H6BrNO2. The lowest BCUT2D eigenvalue weighted by molar-refractivity contribution is -0.497. The quantitative estimate of drug-likeness (QED) is 0.561. The van der Waals surface area contributed by atoms with Crippen LogP contribution in [0.25, 0.3) is 0 Å². The van der Waals surface area contributed by atoms with Gasteiger partial charge in [0.15, 0.2) is 0 Å². The van der Waals surface area contributed by atoms with Crippen LogP contribution in [0.1, 0.15) is 5.56 Å². The lowest BCUT2D eigenvalue weighted by Gasteiger charge is -1.96. The SMILES string of the molecule is O=[N+]([O-])Cc1ccccc1Br. The summed E-state index contributed by atoms with van der Waals surface area (Å²) in [6.07, 6.45) is 0. The summed E-state index contributed by atoms with van der Waals surface area (Å²) < 4.78 is 0.789. The van der Waals surface area contributed by atoms with Crippen molar-refractivity contribution in [3.63, 3.8) is 0 Å². The highest BCUT2D eigenvalue weighted by Gasteiger charge is 2.03. The molecule has 3 nitrogen and oxygen atoms in total. The monoisotopic (exact) mass is 215 g/mol. The Kier molecular flexibility index (Phi) is 2.59. The van der Waals surface area contributed by atoms with Crippen LogP contribution in [0.5, 0.6) is 0 Å². The van der Waals surface area contributed by atoms with Gasteiger partial charge in [-0.2, -0.15) is 0 Å². The minimum Gasteiger partial charge on any atom is -0.264 e. The molecule has 0 fully saturated rings. The lowest BCUT2D eigenvalue weighted by Crippen LogP contribution is -1.98. The van der Waals surface area contributed by atoms with Crippen molar-refractivity contribution in [3.05, 3.63) is 44.4 Å². The van der Waals surface area contributed by atoms with Gasteiger partial charge in [0.1, 0.15) is 0 Å². The van der Waals surface area contributed by atoms with Crippen LogP contribution in [0.15, 0.2) is 28.7 Å². The minimum atomic E-state index is -0.347. The summed E-state index contributed by atoms with van der Waals surface area (Å²) in [6, 6.07) is 7.13. The highest BCUT2D eigenvalue weighted by Crippen LogP contribution is 2.15. The first-order valence-electron chi connectivity index (χ1n) is 3.05. The van der Waals surface area contributed by atoms with E-state index in [1.807, 2.05) is 6.07 Å². The van der Waals surface area contributed by atoms with Crippen LogP contribution in [0.3, 0.4) is 0 Å².